The van der Waals surface area contributed by atoms with E-state index in [9.17, 15) is 0 Å². The Morgan fingerprint density at radius 1 is 1.05 bits per heavy atom. The predicted octanol–water partition coefficient (Wildman–Crippen LogP) is 5.56. The zero-order valence-electron chi connectivity index (χ0n) is 11.2. The summed E-state index contributed by atoms with van der Waals surface area (Å²) in [6, 6.07) is 15.8. The Bertz CT molecular complexity index is 557. The van der Waals surface area contributed by atoms with Crippen LogP contribution in [0.25, 0.3) is 0 Å². The molecule has 0 saturated heterocycles. The van der Waals surface area contributed by atoms with E-state index in [2.05, 4.69) is 6.92 Å². The molecule has 0 amide bonds. The molecular weight excluding hydrogens is 309 g/mol. The summed E-state index contributed by atoms with van der Waals surface area (Å²) < 4.78 is 0. The van der Waals surface area contributed by atoms with Gasteiger partial charge in [0, 0.05) is 21.0 Å². The lowest BCUT2D eigenvalue weighted by molar-refractivity contribution is 0.634. The smallest absolute Gasteiger partial charge is 0.0510 e. The lowest BCUT2D eigenvalue weighted by atomic mass is 10.0. The van der Waals surface area contributed by atoms with Crippen molar-refractivity contribution < 1.29 is 0 Å². The van der Waals surface area contributed by atoms with Crippen molar-refractivity contribution in [3.63, 3.8) is 0 Å². The van der Waals surface area contributed by atoms with E-state index in [0.29, 0.717) is 0 Å². The van der Waals surface area contributed by atoms with E-state index in [4.69, 9.17) is 28.9 Å². The van der Waals surface area contributed by atoms with Crippen LogP contribution in [0, 0.1) is 0 Å². The number of hydrogen-bond donors (Lipinski definition) is 1. The quantitative estimate of drug-likeness (QED) is 0.728. The Morgan fingerprint density at radius 3 is 2.30 bits per heavy atom. The van der Waals surface area contributed by atoms with Gasteiger partial charge < -0.3 is 5.73 Å². The maximum Gasteiger partial charge on any atom is 0.0510 e. The van der Waals surface area contributed by atoms with Crippen LogP contribution in [-0.2, 0) is 0 Å². The molecule has 0 aliphatic carbocycles. The summed E-state index contributed by atoms with van der Waals surface area (Å²) >= 11 is 14.0. The largest absolute Gasteiger partial charge is 0.326 e. The number of halogens is 2. The lowest BCUT2D eigenvalue weighted by Crippen LogP contribution is -2.25. The van der Waals surface area contributed by atoms with Crippen molar-refractivity contribution in [2.75, 3.05) is 0 Å². The Morgan fingerprint density at radius 2 is 1.70 bits per heavy atom. The van der Waals surface area contributed by atoms with Crippen LogP contribution in [0.4, 0.5) is 0 Å². The second-order valence-electron chi connectivity index (χ2n) is 4.59. The first-order valence-electron chi connectivity index (χ1n) is 6.54. The second-order valence-corrected chi connectivity index (χ2v) is 6.64. The van der Waals surface area contributed by atoms with E-state index in [1.165, 1.54) is 0 Å². The minimum atomic E-state index is 0.0515. The van der Waals surface area contributed by atoms with Gasteiger partial charge in [-0.25, -0.2) is 0 Å². The summed E-state index contributed by atoms with van der Waals surface area (Å²) in [5.74, 6) is 0. The molecule has 2 rings (SSSR count). The van der Waals surface area contributed by atoms with Crippen LogP contribution in [0.1, 0.15) is 24.2 Å². The third-order valence-electron chi connectivity index (χ3n) is 3.15. The molecule has 0 bridgehead atoms. The van der Waals surface area contributed by atoms with E-state index in [1.807, 2.05) is 48.5 Å². The summed E-state index contributed by atoms with van der Waals surface area (Å²) in [7, 11) is 0. The van der Waals surface area contributed by atoms with Crippen molar-refractivity contribution in [3.8, 4) is 0 Å². The van der Waals surface area contributed by atoms with Gasteiger partial charge in [0.2, 0.25) is 0 Å². The highest BCUT2D eigenvalue weighted by Gasteiger charge is 2.22. The van der Waals surface area contributed by atoms with Crippen LogP contribution in [0.2, 0.25) is 10.0 Å². The molecular formula is C16H17Cl2NS. The first-order chi connectivity index (χ1) is 9.61. The molecule has 106 valence electrons. The van der Waals surface area contributed by atoms with Gasteiger partial charge in [-0.1, -0.05) is 48.3 Å². The number of thioether (sulfide) groups is 1. The van der Waals surface area contributed by atoms with E-state index in [-0.39, 0.29) is 11.3 Å². The first-order valence-corrected chi connectivity index (χ1v) is 8.17. The fourth-order valence-corrected chi connectivity index (χ4v) is 3.69. The van der Waals surface area contributed by atoms with E-state index >= 15 is 0 Å². The molecule has 4 heteroatoms. The second kappa shape index (κ2) is 7.37. The van der Waals surface area contributed by atoms with Crippen LogP contribution in [0.5, 0.6) is 0 Å². The Kier molecular flexibility index (Phi) is 5.79. The SMILES string of the molecule is CCC(N)C(Sc1ccc(Cl)cc1)c1ccccc1Cl. The van der Waals surface area contributed by atoms with Gasteiger partial charge in [-0.15, -0.1) is 11.8 Å². The number of benzene rings is 2. The zero-order chi connectivity index (χ0) is 14.5. The number of nitrogens with two attached hydrogens (primary N) is 1. The molecule has 0 heterocycles. The van der Waals surface area contributed by atoms with E-state index in [1.54, 1.807) is 11.8 Å². The van der Waals surface area contributed by atoms with Crippen molar-refractivity contribution in [1.82, 2.24) is 0 Å². The molecule has 0 spiro atoms. The fourth-order valence-electron chi connectivity index (χ4n) is 1.96. The summed E-state index contributed by atoms with van der Waals surface area (Å²) in [5, 5.41) is 1.64. The molecule has 2 N–H and O–H groups in total. The standard InChI is InChI=1S/C16H17Cl2NS/c1-2-15(19)16(13-5-3-4-6-14(13)18)20-12-9-7-11(17)8-10-12/h3-10,15-16H,2,19H2,1H3. The third kappa shape index (κ3) is 3.92. The van der Waals surface area contributed by atoms with Crippen molar-refractivity contribution >= 4 is 35.0 Å². The highest BCUT2D eigenvalue weighted by atomic mass is 35.5. The molecule has 2 unspecified atom stereocenters. The molecule has 2 aromatic carbocycles. The van der Waals surface area contributed by atoms with Crippen LogP contribution < -0.4 is 5.73 Å². The molecule has 2 atom stereocenters. The molecule has 0 saturated carbocycles. The average Bonchev–Trinajstić information content (AvgIpc) is 2.47. The van der Waals surface area contributed by atoms with Crippen LogP contribution >= 0.6 is 35.0 Å². The predicted molar refractivity (Wildman–Crippen MR) is 89.8 cm³/mol. The average molecular weight is 326 g/mol. The van der Waals surface area contributed by atoms with Crippen molar-refractivity contribution in [2.45, 2.75) is 29.5 Å². The molecule has 0 radical (unpaired) electrons. The van der Waals surface area contributed by atoms with Crippen molar-refractivity contribution in [3.05, 3.63) is 64.1 Å². The molecule has 20 heavy (non-hydrogen) atoms. The minimum Gasteiger partial charge on any atom is -0.326 e. The fraction of sp³-hybridized carbons (Fsp3) is 0.250. The highest BCUT2D eigenvalue weighted by Crippen LogP contribution is 2.40. The Hall–Kier alpha value is -0.670. The minimum absolute atomic E-state index is 0.0515. The summed E-state index contributed by atoms with van der Waals surface area (Å²) in [5.41, 5.74) is 7.38. The number of hydrogen-bond acceptors (Lipinski definition) is 2. The third-order valence-corrected chi connectivity index (χ3v) is 5.15. The van der Waals surface area contributed by atoms with Gasteiger partial charge in [-0.05, 0) is 42.3 Å². The van der Waals surface area contributed by atoms with Gasteiger partial charge in [-0.3, -0.25) is 0 Å². The zero-order valence-corrected chi connectivity index (χ0v) is 13.6. The topological polar surface area (TPSA) is 26.0 Å². The summed E-state index contributed by atoms with van der Waals surface area (Å²) in [4.78, 5) is 1.14. The van der Waals surface area contributed by atoms with Gasteiger partial charge >= 0.3 is 0 Å². The summed E-state index contributed by atoms with van der Waals surface area (Å²) in [6.07, 6.45) is 0.899. The van der Waals surface area contributed by atoms with Gasteiger partial charge in [0.25, 0.3) is 0 Å². The van der Waals surface area contributed by atoms with Gasteiger partial charge in [0.1, 0.15) is 0 Å². The van der Waals surface area contributed by atoms with Crippen molar-refractivity contribution in [1.29, 1.82) is 0 Å². The monoisotopic (exact) mass is 325 g/mol. The van der Waals surface area contributed by atoms with E-state index in [0.717, 1.165) is 26.9 Å². The number of rotatable bonds is 5. The maximum atomic E-state index is 6.32. The van der Waals surface area contributed by atoms with E-state index < -0.39 is 0 Å². The van der Waals surface area contributed by atoms with Crippen molar-refractivity contribution in [2.24, 2.45) is 5.73 Å². The molecule has 0 aliphatic heterocycles. The molecule has 0 fully saturated rings. The van der Waals surface area contributed by atoms with Crippen LogP contribution in [0.3, 0.4) is 0 Å². The van der Waals surface area contributed by atoms with Crippen LogP contribution in [-0.4, -0.2) is 6.04 Å². The highest BCUT2D eigenvalue weighted by molar-refractivity contribution is 7.99. The Balaban J connectivity index is 2.29. The molecule has 2 aromatic rings. The van der Waals surface area contributed by atoms with Gasteiger partial charge in [0.15, 0.2) is 0 Å². The maximum absolute atomic E-state index is 6.32. The molecule has 1 nitrogen and oxygen atoms in total. The molecule has 0 aromatic heterocycles. The Labute approximate surface area is 134 Å². The van der Waals surface area contributed by atoms with Gasteiger partial charge in [0.05, 0.1) is 5.25 Å². The normalized spacial score (nSPS) is 14.0. The molecule has 0 aliphatic rings. The van der Waals surface area contributed by atoms with Crippen LogP contribution in [0.15, 0.2) is 53.4 Å². The first kappa shape index (κ1) is 15.7. The lowest BCUT2D eigenvalue weighted by Gasteiger charge is -2.24. The summed E-state index contributed by atoms with van der Waals surface area (Å²) in [6.45, 7) is 2.09. The van der Waals surface area contributed by atoms with Gasteiger partial charge in [-0.2, -0.15) is 0 Å².